The molecule has 1 N–H and O–H groups in total. The monoisotopic (exact) mass is 524 g/mol. The normalized spacial score (nSPS) is 11.0. The maximum absolute atomic E-state index is 12.7. The van der Waals surface area contributed by atoms with Gasteiger partial charge in [-0.2, -0.15) is 5.26 Å². The zero-order valence-corrected chi connectivity index (χ0v) is 20.8. The molecular weight excluding hydrogens is 504 g/mol. The molecule has 0 spiro atoms. The number of nitriles is 1. The number of amides is 1. The standard InChI is InChI=1S/C26H22BrClN2O3/c1-16-4-9-22(10-17(16)2)30-26(31)20(14-29)11-19-12-24(32-3)25(13-23(19)27)33-15-18-5-7-21(28)8-6-18/h4-13H,15H2,1-3H3,(H,30,31). The molecule has 3 aromatic rings. The van der Waals surface area contributed by atoms with Crippen molar-refractivity contribution in [1.82, 2.24) is 0 Å². The second kappa shape index (κ2) is 11.0. The van der Waals surface area contributed by atoms with Gasteiger partial charge in [-0.25, -0.2) is 0 Å². The zero-order chi connectivity index (χ0) is 24.0. The number of aryl methyl sites for hydroxylation is 2. The van der Waals surface area contributed by atoms with E-state index in [0.29, 0.717) is 38.9 Å². The number of carbonyl (C=O) groups is 1. The van der Waals surface area contributed by atoms with Crippen molar-refractivity contribution in [2.75, 3.05) is 12.4 Å². The highest BCUT2D eigenvalue weighted by Gasteiger charge is 2.14. The molecule has 0 atom stereocenters. The van der Waals surface area contributed by atoms with Gasteiger partial charge < -0.3 is 14.8 Å². The summed E-state index contributed by atoms with van der Waals surface area (Å²) in [5, 5.41) is 13.0. The van der Waals surface area contributed by atoms with Gasteiger partial charge in [0, 0.05) is 15.2 Å². The molecule has 0 radical (unpaired) electrons. The number of ether oxygens (including phenoxy) is 2. The van der Waals surface area contributed by atoms with E-state index in [4.69, 9.17) is 21.1 Å². The lowest BCUT2D eigenvalue weighted by molar-refractivity contribution is -0.112. The molecule has 0 aromatic heterocycles. The maximum Gasteiger partial charge on any atom is 0.266 e. The smallest absolute Gasteiger partial charge is 0.266 e. The number of carbonyl (C=O) groups excluding carboxylic acids is 1. The average molecular weight is 526 g/mol. The molecule has 5 nitrogen and oxygen atoms in total. The Morgan fingerprint density at radius 2 is 1.82 bits per heavy atom. The van der Waals surface area contributed by atoms with Gasteiger partial charge in [0.1, 0.15) is 18.2 Å². The number of anilines is 1. The summed E-state index contributed by atoms with van der Waals surface area (Å²) in [7, 11) is 1.53. The van der Waals surface area contributed by atoms with Gasteiger partial charge in [-0.3, -0.25) is 4.79 Å². The minimum absolute atomic E-state index is 0.0363. The number of hydrogen-bond acceptors (Lipinski definition) is 4. The van der Waals surface area contributed by atoms with Crippen LogP contribution in [0.1, 0.15) is 22.3 Å². The molecule has 7 heteroatoms. The largest absolute Gasteiger partial charge is 0.493 e. The Morgan fingerprint density at radius 3 is 2.45 bits per heavy atom. The number of methoxy groups -OCH3 is 1. The van der Waals surface area contributed by atoms with Gasteiger partial charge in [0.25, 0.3) is 5.91 Å². The third-order valence-corrected chi connectivity index (χ3v) is 5.96. The molecule has 33 heavy (non-hydrogen) atoms. The molecule has 3 rings (SSSR count). The van der Waals surface area contributed by atoms with Crippen molar-refractivity contribution in [3.63, 3.8) is 0 Å². The Morgan fingerprint density at radius 1 is 1.09 bits per heavy atom. The molecule has 0 aliphatic heterocycles. The SMILES string of the molecule is COc1cc(C=C(C#N)C(=O)Nc2ccc(C)c(C)c2)c(Br)cc1OCc1ccc(Cl)cc1. The van der Waals surface area contributed by atoms with Gasteiger partial charge in [-0.15, -0.1) is 0 Å². The summed E-state index contributed by atoms with van der Waals surface area (Å²) < 4.78 is 12.0. The third kappa shape index (κ3) is 6.38. The predicted molar refractivity (Wildman–Crippen MR) is 135 cm³/mol. The van der Waals surface area contributed by atoms with Crippen LogP contribution in [-0.2, 0) is 11.4 Å². The van der Waals surface area contributed by atoms with E-state index in [1.807, 2.05) is 44.2 Å². The topological polar surface area (TPSA) is 71.3 Å². The second-order valence-corrected chi connectivity index (χ2v) is 8.65. The number of rotatable bonds is 7. The van der Waals surface area contributed by atoms with Crippen LogP contribution in [0.25, 0.3) is 6.08 Å². The molecule has 0 unspecified atom stereocenters. The van der Waals surface area contributed by atoms with Gasteiger partial charge in [0.05, 0.1) is 7.11 Å². The van der Waals surface area contributed by atoms with Crippen LogP contribution >= 0.6 is 27.5 Å². The minimum Gasteiger partial charge on any atom is -0.493 e. The molecule has 3 aromatic carbocycles. The molecule has 1 amide bonds. The van der Waals surface area contributed by atoms with E-state index in [-0.39, 0.29) is 5.57 Å². The van der Waals surface area contributed by atoms with Crippen LogP contribution in [0.15, 0.2) is 64.6 Å². The van der Waals surface area contributed by atoms with Crippen LogP contribution in [0, 0.1) is 25.2 Å². The van der Waals surface area contributed by atoms with Gasteiger partial charge in [0.15, 0.2) is 11.5 Å². The van der Waals surface area contributed by atoms with E-state index in [1.54, 1.807) is 30.3 Å². The lowest BCUT2D eigenvalue weighted by Crippen LogP contribution is -2.13. The van der Waals surface area contributed by atoms with Crippen LogP contribution < -0.4 is 14.8 Å². The summed E-state index contributed by atoms with van der Waals surface area (Å²) in [5.41, 5.74) is 4.34. The maximum atomic E-state index is 12.7. The molecular formula is C26H22BrClN2O3. The first-order chi connectivity index (χ1) is 15.8. The molecule has 168 valence electrons. The number of halogens is 2. The van der Waals surface area contributed by atoms with E-state index in [0.717, 1.165) is 16.7 Å². The molecule has 0 saturated carbocycles. The van der Waals surface area contributed by atoms with E-state index in [2.05, 4.69) is 21.2 Å². The first-order valence-corrected chi connectivity index (χ1v) is 11.2. The lowest BCUT2D eigenvalue weighted by atomic mass is 10.1. The quantitative estimate of drug-likeness (QED) is 0.270. The molecule has 0 aliphatic rings. The van der Waals surface area contributed by atoms with Crippen molar-refractivity contribution < 1.29 is 14.3 Å². The summed E-state index contributed by atoms with van der Waals surface area (Å²) in [6.45, 7) is 4.29. The van der Waals surface area contributed by atoms with Crippen LogP contribution in [0.4, 0.5) is 5.69 Å². The summed E-state index contributed by atoms with van der Waals surface area (Å²) in [6, 6.07) is 18.4. The Labute approximate surface area is 206 Å². The fraction of sp³-hybridized carbons (Fsp3) is 0.154. The van der Waals surface area contributed by atoms with Crippen LogP contribution in [-0.4, -0.2) is 13.0 Å². The van der Waals surface area contributed by atoms with Gasteiger partial charge >= 0.3 is 0 Å². The van der Waals surface area contributed by atoms with Gasteiger partial charge in [-0.1, -0.05) is 45.7 Å². The van der Waals surface area contributed by atoms with Crippen molar-refractivity contribution in [3.8, 4) is 17.6 Å². The zero-order valence-electron chi connectivity index (χ0n) is 18.4. The highest BCUT2D eigenvalue weighted by molar-refractivity contribution is 9.10. The number of benzene rings is 3. The van der Waals surface area contributed by atoms with Crippen molar-refractivity contribution in [1.29, 1.82) is 5.26 Å². The van der Waals surface area contributed by atoms with Gasteiger partial charge in [-0.05, 0) is 78.6 Å². The Balaban J connectivity index is 1.81. The van der Waals surface area contributed by atoms with E-state index < -0.39 is 5.91 Å². The molecule has 0 fully saturated rings. The highest BCUT2D eigenvalue weighted by Crippen LogP contribution is 2.35. The Bertz CT molecular complexity index is 1250. The summed E-state index contributed by atoms with van der Waals surface area (Å²) in [6.07, 6.45) is 1.51. The molecule has 0 bridgehead atoms. The second-order valence-electron chi connectivity index (χ2n) is 7.36. The van der Waals surface area contributed by atoms with Crippen molar-refractivity contribution in [2.45, 2.75) is 20.5 Å². The van der Waals surface area contributed by atoms with Gasteiger partial charge in [0.2, 0.25) is 0 Å². The third-order valence-electron chi connectivity index (χ3n) is 5.02. The van der Waals surface area contributed by atoms with Crippen LogP contribution in [0.2, 0.25) is 5.02 Å². The van der Waals surface area contributed by atoms with Crippen molar-refractivity contribution in [3.05, 3.63) is 91.9 Å². The van der Waals surface area contributed by atoms with Crippen LogP contribution in [0.5, 0.6) is 11.5 Å². The van der Waals surface area contributed by atoms with E-state index >= 15 is 0 Å². The Hall–Kier alpha value is -3.27. The first-order valence-electron chi connectivity index (χ1n) is 10.1. The van der Waals surface area contributed by atoms with Crippen molar-refractivity contribution >= 4 is 45.2 Å². The summed E-state index contributed by atoms with van der Waals surface area (Å²) in [4.78, 5) is 12.7. The molecule has 0 heterocycles. The van der Waals surface area contributed by atoms with Crippen LogP contribution in [0.3, 0.4) is 0 Å². The number of nitrogens with zero attached hydrogens (tertiary/aromatic N) is 1. The number of hydrogen-bond donors (Lipinski definition) is 1. The fourth-order valence-electron chi connectivity index (χ4n) is 3.00. The average Bonchev–Trinajstić information content (AvgIpc) is 2.80. The molecule has 0 saturated heterocycles. The van der Waals surface area contributed by atoms with E-state index in [9.17, 15) is 10.1 Å². The number of nitrogens with one attached hydrogen (secondary N) is 1. The fourth-order valence-corrected chi connectivity index (χ4v) is 3.56. The molecule has 0 aliphatic carbocycles. The summed E-state index contributed by atoms with van der Waals surface area (Å²) in [5.74, 6) is 0.509. The van der Waals surface area contributed by atoms with Crippen molar-refractivity contribution in [2.24, 2.45) is 0 Å². The minimum atomic E-state index is -0.491. The predicted octanol–water partition coefficient (Wildman–Crippen LogP) is 6.85. The highest BCUT2D eigenvalue weighted by atomic mass is 79.9. The Kier molecular flexibility index (Phi) is 8.16. The van der Waals surface area contributed by atoms with E-state index in [1.165, 1.54) is 13.2 Å². The summed E-state index contributed by atoms with van der Waals surface area (Å²) >= 11 is 9.42. The first kappa shape index (κ1) is 24.4. The lowest BCUT2D eigenvalue weighted by Gasteiger charge is -2.13.